The zero-order valence-corrected chi connectivity index (χ0v) is 13.8. The topological polar surface area (TPSA) is 75.5 Å². The molecule has 0 saturated carbocycles. The lowest BCUT2D eigenvalue weighted by molar-refractivity contribution is -0.384. The Morgan fingerprint density at radius 2 is 1.83 bits per heavy atom. The first kappa shape index (κ1) is 17.4. The molecule has 0 bridgehead atoms. The zero-order chi connectivity index (χ0) is 16.7. The maximum absolute atomic E-state index is 12.5. The predicted octanol–water partition coefficient (Wildman–Crippen LogP) is 2.14. The van der Waals surface area contributed by atoms with Gasteiger partial charge in [-0.3, -0.25) is 4.79 Å². The fourth-order valence-corrected chi connectivity index (χ4v) is 2.28. The van der Waals surface area contributed by atoms with Gasteiger partial charge in [-0.05, 0) is 42.5 Å². The normalized spacial score (nSPS) is 11.8. The molecule has 0 saturated heterocycles. The third-order valence-electron chi connectivity index (χ3n) is 3.33. The van der Waals surface area contributed by atoms with E-state index in [-0.39, 0.29) is 0 Å². The van der Waals surface area contributed by atoms with Gasteiger partial charge in [-0.2, -0.15) is 0 Å². The Kier molecular flexibility index (Phi) is 6.06. The van der Waals surface area contributed by atoms with Crippen molar-refractivity contribution in [2.75, 3.05) is 13.2 Å². The van der Waals surface area contributed by atoms with Gasteiger partial charge in [0.05, 0.1) is 18.6 Å². The molecule has 2 aromatic rings. The maximum Gasteiger partial charge on any atom is 0.350 e. The number of nitrogens with zero attached hydrogens (tertiary/aromatic N) is 3. The number of aromatic nitrogens is 3. The van der Waals surface area contributed by atoms with Gasteiger partial charge in [-0.15, -0.1) is 5.10 Å². The van der Waals surface area contributed by atoms with Crippen LogP contribution < -0.4 is 10.4 Å². The molecule has 126 valence electrons. The molecule has 1 aromatic heterocycles. The Morgan fingerprint density at radius 1 is 1.13 bits per heavy atom. The lowest BCUT2D eigenvalue weighted by Crippen LogP contribution is -2.50. The molecule has 0 atom stereocenters. The largest absolute Gasteiger partial charge is 0.350 e. The van der Waals surface area contributed by atoms with Crippen molar-refractivity contribution in [1.82, 2.24) is 15.2 Å². The fourth-order valence-electron chi connectivity index (χ4n) is 2.28. The van der Waals surface area contributed by atoms with Crippen LogP contribution in [0.3, 0.4) is 0 Å². The Hall–Kier alpha value is -1.99. The number of ether oxygens (including phenoxy) is 2. The van der Waals surface area contributed by atoms with Gasteiger partial charge in [0.15, 0.2) is 0 Å². The summed E-state index contributed by atoms with van der Waals surface area (Å²) < 4.78 is 11.3. The van der Waals surface area contributed by atoms with E-state index in [9.17, 15) is 4.79 Å². The minimum atomic E-state index is -1.33. The van der Waals surface area contributed by atoms with Crippen LogP contribution >= 0.6 is 0 Å². The summed E-state index contributed by atoms with van der Waals surface area (Å²) >= 11 is 0. The van der Waals surface area contributed by atoms with E-state index >= 15 is 0 Å². The molecule has 0 aliphatic rings. The monoisotopic (exact) mass is 321 g/mol. The molecule has 0 aliphatic carbocycles. The van der Waals surface area contributed by atoms with Gasteiger partial charge in [0.25, 0.3) is 0 Å². The molecule has 1 aromatic carbocycles. The first-order valence-corrected chi connectivity index (χ1v) is 7.98. The fraction of sp³-hybridized carbons (Fsp3) is 0.562. The second-order valence-electron chi connectivity index (χ2n) is 5.03. The summed E-state index contributed by atoms with van der Waals surface area (Å²) in [6, 6.07) is 6.98. The van der Waals surface area contributed by atoms with E-state index in [0.29, 0.717) is 30.5 Å². The van der Waals surface area contributed by atoms with Gasteiger partial charge in [-0.1, -0.05) is 25.5 Å². The molecule has 0 aliphatic heterocycles. The van der Waals surface area contributed by atoms with Crippen molar-refractivity contribution in [3.63, 3.8) is 0 Å². The number of rotatable bonds is 9. The van der Waals surface area contributed by atoms with Crippen LogP contribution in [0.5, 0.6) is 0 Å². The summed E-state index contributed by atoms with van der Waals surface area (Å²) in [5.41, 5.74) is 0.125. The Balaban J connectivity index is 2.38. The van der Waals surface area contributed by atoms with Crippen LogP contribution in [-0.4, -0.2) is 34.3 Å². The molecule has 7 heteroatoms. The van der Waals surface area contributed by atoms with Gasteiger partial charge in [-0.25, -0.2) is 0 Å². The van der Waals surface area contributed by atoms with E-state index < -0.39 is 11.5 Å². The van der Waals surface area contributed by atoms with Crippen molar-refractivity contribution in [3.8, 4) is 0 Å². The quantitative estimate of drug-likeness (QED) is 0.659. The van der Waals surface area contributed by atoms with E-state index in [1.165, 1.54) is 0 Å². The second kappa shape index (κ2) is 8.03. The lowest BCUT2D eigenvalue weighted by Gasteiger charge is -2.31. The van der Waals surface area contributed by atoms with Gasteiger partial charge in [0, 0.05) is 6.42 Å². The van der Waals surface area contributed by atoms with Crippen molar-refractivity contribution in [1.29, 1.82) is 0 Å². The lowest BCUT2D eigenvalue weighted by atomic mass is 10.2. The third-order valence-corrected chi connectivity index (χ3v) is 3.33. The van der Waals surface area contributed by atoms with Crippen LogP contribution in [0.1, 0.15) is 40.0 Å². The molecular formula is C16H23N3O4. The van der Waals surface area contributed by atoms with Crippen LogP contribution in [0, 0.1) is 0 Å². The molecule has 0 radical (unpaired) electrons. The summed E-state index contributed by atoms with van der Waals surface area (Å²) in [7, 11) is 0. The van der Waals surface area contributed by atoms with E-state index in [2.05, 4.69) is 17.2 Å². The number of hydrogen-bond donors (Lipinski definition) is 0. The van der Waals surface area contributed by atoms with Gasteiger partial charge in [0.1, 0.15) is 5.52 Å². The summed E-state index contributed by atoms with van der Waals surface area (Å²) in [6.07, 6.45) is 2.27. The highest BCUT2D eigenvalue weighted by Gasteiger charge is 2.35. The number of fused-ring (bicyclic) bond motifs is 1. The molecule has 23 heavy (non-hydrogen) atoms. The Morgan fingerprint density at radius 3 is 2.48 bits per heavy atom. The van der Waals surface area contributed by atoms with Crippen LogP contribution in [0.15, 0.2) is 29.1 Å². The van der Waals surface area contributed by atoms with Crippen LogP contribution in [-0.2, 0) is 9.47 Å². The summed E-state index contributed by atoms with van der Waals surface area (Å²) in [6.45, 7) is 6.53. The SMILES string of the molecule is CCCCC(OCC)(OCC)On1nnc2ccccc2c1=O. The predicted molar refractivity (Wildman–Crippen MR) is 85.9 cm³/mol. The van der Waals surface area contributed by atoms with Gasteiger partial charge in [0.2, 0.25) is 0 Å². The number of hydrogen-bond acceptors (Lipinski definition) is 6. The molecular weight excluding hydrogens is 298 g/mol. The standard InChI is InChI=1S/C16H23N3O4/c1-4-7-12-16(21-5-2,22-6-3)23-19-15(20)13-10-8-9-11-14(13)17-18-19/h8-11H,4-7,12H2,1-3H3. The van der Waals surface area contributed by atoms with Crippen molar-refractivity contribution in [2.45, 2.75) is 46.0 Å². The number of benzene rings is 1. The Bertz CT molecular complexity index is 680. The van der Waals surface area contributed by atoms with Crippen LogP contribution in [0.2, 0.25) is 0 Å². The molecule has 0 unspecified atom stereocenters. The van der Waals surface area contributed by atoms with E-state index in [0.717, 1.165) is 17.7 Å². The molecule has 0 spiro atoms. The zero-order valence-electron chi connectivity index (χ0n) is 13.8. The molecule has 0 fully saturated rings. The second-order valence-corrected chi connectivity index (χ2v) is 5.03. The summed E-state index contributed by atoms with van der Waals surface area (Å²) in [4.78, 5) is 19.1. The maximum atomic E-state index is 12.5. The van der Waals surface area contributed by atoms with Gasteiger partial charge >= 0.3 is 11.5 Å². The number of unbranched alkanes of at least 4 members (excludes halogenated alkanes) is 1. The average molecular weight is 321 g/mol. The van der Waals surface area contributed by atoms with Crippen molar-refractivity contribution in [3.05, 3.63) is 34.6 Å². The third kappa shape index (κ3) is 4.05. The minimum Gasteiger partial charge on any atom is -0.328 e. The highest BCUT2D eigenvalue weighted by atomic mass is 16.9. The van der Waals surface area contributed by atoms with Crippen molar-refractivity contribution < 1.29 is 14.3 Å². The highest BCUT2D eigenvalue weighted by Crippen LogP contribution is 2.20. The molecule has 2 rings (SSSR count). The average Bonchev–Trinajstić information content (AvgIpc) is 2.56. The summed E-state index contributed by atoms with van der Waals surface area (Å²) in [5.74, 6) is -1.33. The van der Waals surface area contributed by atoms with Crippen LogP contribution in [0.4, 0.5) is 0 Å². The smallest absolute Gasteiger partial charge is 0.328 e. The van der Waals surface area contributed by atoms with Crippen molar-refractivity contribution in [2.24, 2.45) is 0 Å². The summed E-state index contributed by atoms with van der Waals surface area (Å²) in [5, 5.41) is 8.27. The van der Waals surface area contributed by atoms with E-state index in [1.54, 1.807) is 24.3 Å². The van der Waals surface area contributed by atoms with E-state index in [4.69, 9.17) is 14.3 Å². The van der Waals surface area contributed by atoms with E-state index in [1.807, 2.05) is 13.8 Å². The molecule has 1 heterocycles. The van der Waals surface area contributed by atoms with Gasteiger partial charge < -0.3 is 14.3 Å². The molecule has 7 nitrogen and oxygen atoms in total. The van der Waals surface area contributed by atoms with Crippen LogP contribution in [0.25, 0.3) is 10.9 Å². The Labute approximate surface area is 135 Å². The molecule has 0 N–H and O–H groups in total. The highest BCUT2D eigenvalue weighted by molar-refractivity contribution is 5.76. The van der Waals surface area contributed by atoms with Crippen molar-refractivity contribution >= 4 is 10.9 Å². The first-order chi connectivity index (χ1) is 11.2. The molecule has 0 amide bonds. The first-order valence-electron chi connectivity index (χ1n) is 7.98. The minimum absolute atomic E-state index is 0.388.